The average Bonchev–Trinajstić information content (AvgIpc) is 2.61. The number of hydrogen-bond donors (Lipinski definition) is 0. The quantitative estimate of drug-likeness (QED) is 0.755. The van der Waals surface area contributed by atoms with Crippen LogP contribution in [0.1, 0.15) is 30.8 Å². The average molecular weight is 281 g/mol. The van der Waals surface area contributed by atoms with Gasteiger partial charge in [-0.2, -0.15) is 5.10 Å². The van der Waals surface area contributed by atoms with Crippen LogP contribution in [-0.2, 0) is 27.8 Å². The molecule has 112 valence electrons. The van der Waals surface area contributed by atoms with Crippen LogP contribution < -0.4 is 0 Å². The van der Waals surface area contributed by atoms with Crippen molar-refractivity contribution in [3.05, 3.63) is 17.0 Å². The Morgan fingerprint density at radius 1 is 1.35 bits per heavy atom. The Hall–Kier alpha value is -1.85. The van der Waals surface area contributed by atoms with Crippen LogP contribution >= 0.6 is 0 Å². The third kappa shape index (κ3) is 3.59. The van der Waals surface area contributed by atoms with Gasteiger partial charge in [0.05, 0.1) is 19.2 Å². The molecule has 0 N–H and O–H groups in total. The smallest absolute Gasteiger partial charge is 0.325 e. The molecule has 1 amide bonds. The normalized spacial score (nSPS) is 10.8. The minimum Gasteiger partial charge on any atom is -0.468 e. The molecule has 6 heteroatoms. The van der Waals surface area contributed by atoms with Crippen molar-refractivity contribution in [2.45, 2.75) is 40.2 Å². The molecule has 20 heavy (non-hydrogen) atoms. The minimum absolute atomic E-state index is 0.0225. The zero-order valence-electron chi connectivity index (χ0n) is 13.1. The Kier molecular flexibility index (Phi) is 5.30. The first-order chi connectivity index (χ1) is 9.27. The SMILES string of the molecule is COC(=O)CN(C(=O)Cc1c(C)nn(C)c1C)C(C)C. The molecule has 0 aliphatic heterocycles. The van der Waals surface area contributed by atoms with Crippen LogP contribution in [0.4, 0.5) is 0 Å². The highest BCUT2D eigenvalue weighted by Crippen LogP contribution is 2.14. The Morgan fingerprint density at radius 2 is 1.95 bits per heavy atom. The van der Waals surface area contributed by atoms with Crippen LogP contribution in [0.2, 0.25) is 0 Å². The summed E-state index contributed by atoms with van der Waals surface area (Å²) < 4.78 is 6.40. The van der Waals surface area contributed by atoms with E-state index < -0.39 is 5.97 Å². The topological polar surface area (TPSA) is 64.4 Å². The van der Waals surface area contributed by atoms with Crippen LogP contribution in [0.25, 0.3) is 0 Å². The molecule has 0 aliphatic rings. The fraction of sp³-hybridized carbons (Fsp3) is 0.643. The van der Waals surface area contributed by atoms with Crippen molar-refractivity contribution < 1.29 is 14.3 Å². The minimum atomic E-state index is -0.410. The van der Waals surface area contributed by atoms with Gasteiger partial charge in [0.25, 0.3) is 0 Å². The largest absolute Gasteiger partial charge is 0.468 e. The van der Waals surface area contributed by atoms with E-state index in [0.717, 1.165) is 17.0 Å². The summed E-state index contributed by atoms with van der Waals surface area (Å²) in [5.74, 6) is -0.503. The zero-order valence-corrected chi connectivity index (χ0v) is 13.1. The molecule has 6 nitrogen and oxygen atoms in total. The number of carbonyl (C=O) groups excluding carboxylic acids is 2. The first kappa shape index (κ1) is 16.2. The van der Waals surface area contributed by atoms with Crippen molar-refractivity contribution in [1.29, 1.82) is 0 Å². The fourth-order valence-corrected chi connectivity index (χ4v) is 2.09. The van der Waals surface area contributed by atoms with Gasteiger partial charge in [-0.1, -0.05) is 0 Å². The van der Waals surface area contributed by atoms with E-state index in [1.807, 2.05) is 34.7 Å². The van der Waals surface area contributed by atoms with Crippen LogP contribution in [0.3, 0.4) is 0 Å². The molecule has 0 radical (unpaired) electrons. The highest BCUT2D eigenvalue weighted by atomic mass is 16.5. The fourth-order valence-electron chi connectivity index (χ4n) is 2.09. The maximum absolute atomic E-state index is 12.4. The van der Waals surface area contributed by atoms with Gasteiger partial charge in [-0.25, -0.2) is 0 Å². The Balaban J connectivity index is 2.88. The molecule has 0 saturated carbocycles. The Morgan fingerprint density at radius 3 is 2.35 bits per heavy atom. The standard InChI is InChI=1S/C14H23N3O3/c1-9(2)17(8-14(19)20-6)13(18)7-12-10(3)15-16(5)11(12)4/h9H,7-8H2,1-6H3. The van der Waals surface area contributed by atoms with E-state index in [9.17, 15) is 9.59 Å². The predicted octanol–water partition coefficient (Wildman–Crippen LogP) is 0.989. The monoisotopic (exact) mass is 281 g/mol. The van der Waals surface area contributed by atoms with Crippen LogP contribution in [0.5, 0.6) is 0 Å². The van der Waals surface area contributed by atoms with Crippen molar-refractivity contribution in [1.82, 2.24) is 14.7 Å². The predicted molar refractivity (Wildman–Crippen MR) is 75.3 cm³/mol. The molecule has 1 heterocycles. The van der Waals surface area contributed by atoms with Gasteiger partial charge in [-0.3, -0.25) is 14.3 Å². The van der Waals surface area contributed by atoms with Gasteiger partial charge in [-0.05, 0) is 27.7 Å². The number of rotatable bonds is 5. The molecule has 0 aromatic carbocycles. The van der Waals surface area contributed by atoms with Gasteiger partial charge < -0.3 is 9.64 Å². The number of hydrogen-bond acceptors (Lipinski definition) is 4. The zero-order chi connectivity index (χ0) is 15.4. The van der Waals surface area contributed by atoms with E-state index in [4.69, 9.17) is 0 Å². The van der Waals surface area contributed by atoms with E-state index in [0.29, 0.717) is 0 Å². The summed E-state index contributed by atoms with van der Waals surface area (Å²) in [7, 11) is 3.17. The summed E-state index contributed by atoms with van der Waals surface area (Å²) in [5, 5.41) is 4.30. The maximum atomic E-state index is 12.4. The van der Waals surface area contributed by atoms with Gasteiger partial charge in [0.1, 0.15) is 6.54 Å². The number of carbonyl (C=O) groups is 2. The third-order valence-electron chi connectivity index (χ3n) is 3.46. The number of methoxy groups -OCH3 is 1. The lowest BCUT2D eigenvalue weighted by Crippen LogP contribution is -2.42. The summed E-state index contributed by atoms with van der Waals surface area (Å²) >= 11 is 0. The van der Waals surface area contributed by atoms with E-state index in [1.54, 1.807) is 4.68 Å². The molecule has 0 saturated heterocycles. The van der Waals surface area contributed by atoms with Crippen molar-refractivity contribution in [3.8, 4) is 0 Å². The summed E-state index contributed by atoms with van der Waals surface area (Å²) in [6, 6.07) is -0.0566. The molecule has 0 unspecified atom stereocenters. The lowest BCUT2D eigenvalue weighted by Gasteiger charge is -2.25. The Bertz CT molecular complexity index is 506. The molecule has 0 fully saturated rings. The molecule has 0 aliphatic carbocycles. The maximum Gasteiger partial charge on any atom is 0.325 e. The number of amides is 1. The summed E-state index contributed by atoms with van der Waals surface area (Å²) in [4.78, 5) is 25.3. The van der Waals surface area contributed by atoms with E-state index >= 15 is 0 Å². The second kappa shape index (κ2) is 6.54. The summed E-state index contributed by atoms with van der Waals surface area (Å²) in [5.41, 5.74) is 2.74. The first-order valence-corrected chi connectivity index (χ1v) is 6.63. The van der Waals surface area contributed by atoms with Crippen molar-refractivity contribution in [3.63, 3.8) is 0 Å². The van der Waals surface area contributed by atoms with Gasteiger partial charge in [0, 0.05) is 24.3 Å². The highest BCUT2D eigenvalue weighted by molar-refractivity contribution is 5.84. The second-order valence-electron chi connectivity index (χ2n) is 5.14. The second-order valence-corrected chi connectivity index (χ2v) is 5.14. The number of aromatic nitrogens is 2. The number of esters is 1. The van der Waals surface area contributed by atoms with E-state index in [-0.39, 0.29) is 24.9 Å². The van der Waals surface area contributed by atoms with Crippen LogP contribution in [0.15, 0.2) is 0 Å². The summed E-state index contributed by atoms with van der Waals surface area (Å²) in [6.07, 6.45) is 0.251. The molecule has 1 aromatic heterocycles. The van der Waals surface area contributed by atoms with Gasteiger partial charge >= 0.3 is 5.97 Å². The van der Waals surface area contributed by atoms with Crippen LogP contribution in [0, 0.1) is 13.8 Å². The van der Waals surface area contributed by atoms with Crippen molar-refractivity contribution >= 4 is 11.9 Å². The summed E-state index contributed by atoms with van der Waals surface area (Å²) in [6.45, 7) is 7.55. The molecule has 0 atom stereocenters. The number of nitrogens with zero attached hydrogens (tertiary/aromatic N) is 3. The van der Waals surface area contributed by atoms with E-state index in [2.05, 4.69) is 9.84 Å². The third-order valence-corrected chi connectivity index (χ3v) is 3.46. The van der Waals surface area contributed by atoms with Crippen LogP contribution in [-0.4, -0.2) is 46.3 Å². The van der Waals surface area contributed by atoms with Gasteiger partial charge in [0.2, 0.25) is 5.91 Å². The van der Waals surface area contributed by atoms with Crippen molar-refractivity contribution in [2.24, 2.45) is 7.05 Å². The molecular formula is C14H23N3O3. The first-order valence-electron chi connectivity index (χ1n) is 6.63. The van der Waals surface area contributed by atoms with Gasteiger partial charge in [-0.15, -0.1) is 0 Å². The molecule has 0 bridgehead atoms. The van der Waals surface area contributed by atoms with Crippen molar-refractivity contribution in [2.75, 3.05) is 13.7 Å². The molecular weight excluding hydrogens is 258 g/mol. The lowest BCUT2D eigenvalue weighted by atomic mass is 10.1. The Labute approximate surface area is 119 Å². The molecule has 1 aromatic rings. The number of aryl methyl sites for hydroxylation is 2. The number of ether oxygens (including phenoxy) is 1. The van der Waals surface area contributed by atoms with Gasteiger partial charge in [0.15, 0.2) is 0 Å². The highest BCUT2D eigenvalue weighted by Gasteiger charge is 2.23. The van der Waals surface area contributed by atoms with E-state index in [1.165, 1.54) is 12.0 Å². The molecule has 0 spiro atoms. The lowest BCUT2D eigenvalue weighted by molar-refractivity contribution is -0.148. The molecule has 1 rings (SSSR count).